The quantitative estimate of drug-likeness (QED) is 0.761. The molecule has 1 aromatic rings. The molecular weight excluding hydrogens is 298 g/mol. The average molecular weight is 319 g/mol. The summed E-state index contributed by atoms with van der Waals surface area (Å²) in [6.45, 7) is 4.54. The zero-order valence-corrected chi connectivity index (χ0v) is 13.1. The maximum atomic E-state index is 6.05. The number of hydrogen-bond donors (Lipinski definition) is 1. The van der Waals surface area contributed by atoms with Crippen LogP contribution in [-0.2, 0) is 0 Å². The monoisotopic (exact) mass is 317 g/mol. The zero-order valence-electron chi connectivity index (χ0n) is 10.8. The number of benzene rings is 1. The van der Waals surface area contributed by atoms with Gasteiger partial charge in [-0.3, -0.25) is 0 Å². The highest BCUT2D eigenvalue weighted by Crippen LogP contribution is 2.29. The molecular formula is C14H21BrClN. The summed E-state index contributed by atoms with van der Waals surface area (Å²) < 4.78 is 1.13. The molecule has 0 fully saturated rings. The molecule has 0 aliphatic carbocycles. The Morgan fingerprint density at radius 2 is 2.00 bits per heavy atom. The lowest BCUT2D eigenvalue weighted by molar-refractivity contribution is 0.470. The Bertz CT molecular complexity index is 352. The highest BCUT2D eigenvalue weighted by Gasteiger charge is 2.13. The van der Waals surface area contributed by atoms with Crippen molar-refractivity contribution in [2.75, 3.05) is 7.05 Å². The predicted octanol–water partition coefficient (Wildman–Crippen LogP) is 5.19. The van der Waals surface area contributed by atoms with Crippen molar-refractivity contribution in [1.82, 2.24) is 5.32 Å². The summed E-state index contributed by atoms with van der Waals surface area (Å²) in [4.78, 5) is 0. The van der Waals surface area contributed by atoms with Crippen molar-refractivity contribution in [3.8, 4) is 0 Å². The van der Waals surface area contributed by atoms with E-state index in [0.717, 1.165) is 21.8 Å². The Morgan fingerprint density at radius 1 is 1.29 bits per heavy atom. The second-order valence-electron chi connectivity index (χ2n) is 4.83. The van der Waals surface area contributed by atoms with E-state index < -0.39 is 0 Å². The van der Waals surface area contributed by atoms with E-state index in [1.807, 2.05) is 25.2 Å². The number of rotatable bonds is 6. The Kier molecular flexibility index (Phi) is 6.53. The standard InChI is InChI=1S/C14H21BrClN/c1-10(2)5-4-6-14(17-3)12-9-11(16)7-8-13(12)15/h7-10,14,17H,4-6H2,1-3H3. The predicted molar refractivity (Wildman–Crippen MR) is 79.6 cm³/mol. The van der Waals surface area contributed by atoms with Crippen LogP contribution in [-0.4, -0.2) is 7.05 Å². The molecule has 0 spiro atoms. The second kappa shape index (κ2) is 7.40. The van der Waals surface area contributed by atoms with E-state index in [-0.39, 0.29) is 0 Å². The fourth-order valence-electron chi connectivity index (χ4n) is 1.97. The lowest BCUT2D eigenvalue weighted by Crippen LogP contribution is -2.17. The molecule has 3 heteroatoms. The van der Waals surface area contributed by atoms with Crippen LogP contribution in [0.3, 0.4) is 0 Å². The van der Waals surface area contributed by atoms with E-state index in [4.69, 9.17) is 11.6 Å². The molecule has 0 bridgehead atoms. The minimum Gasteiger partial charge on any atom is -0.313 e. The number of hydrogen-bond acceptors (Lipinski definition) is 1. The first-order chi connectivity index (χ1) is 8.04. The van der Waals surface area contributed by atoms with Crippen LogP contribution >= 0.6 is 27.5 Å². The van der Waals surface area contributed by atoms with E-state index in [1.54, 1.807) is 0 Å². The van der Waals surface area contributed by atoms with Crippen LogP contribution in [0.2, 0.25) is 5.02 Å². The molecule has 1 rings (SSSR count). The van der Waals surface area contributed by atoms with Crippen LogP contribution in [0.1, 0.15) is 44.7 Å². The van der Waals surface area contributed by atoms with Gasteiger partial charge in [0.2, 0.25) is 0 Å². The van der Waals surface area contributed by atoms with Crippen LogP contribution in [0.25, 0.3) is 0 Å². The summed E-state index contributed by atoms with van der Waals surface area (Å²) in [6, 6.07) is 6.35. The van der Waals surface area contributed by atoms with Crippen LogP contribution in [0.4, 0.5) is 0 Å². The van der Waals surface area contributed by atoms with Gasteiger partial charge in [0.15, 0.2) is 0 Å². The Balaban J connectivity index is 2.68. The third kappa shape index (κ3) is 4.99. The molecule has 0 saturated heterocycles. The lowest BCUT2D eigenvalue weighted by atomic mass is 9.98. The second-order valence-corrected chi connectivity index (χ2v) is 6.12. The van der Waals surface area contributed by atoms with Crippen molar-refractivity contribution in [3.63, 3.8) is 0 Å². The molecule has 0 amide bonds. The van der Waals surface area contributed by atoms with Gasteiger partial charge in [0.05, 0.1) is 0 Å². The van der Waals surface area contributed by atoms with Crippen LogP contribution in [0, 0.1) is 5.92 Å². The normalized spacial score (nSPS) is 13.1. The molecule has 1 nitrogen and oxygen atoms in total. The minimum atomic E-state index is 0.377. The lowest BCUT2D eigenvalue weighted by Gasteiger charge is -2.19. The molecule has 0 radical (unpaired) electrons. The highest BCUT2D eigenvalue weighted by atomic mass is 79.9. The van der Waals surface area contributed by atoms with Gasteiger partial charge in [-0.05, 0) is 43.1 Å². The number of halogens is 2. The summed E-state index contributed by atoms with van der Waals surface area (Å²) in [7, 11) is 2.01. The third-order valence-corrected chi connectivity index (χ3v) is 3.91. The van der Waals surface area contributed by atoms with Gasteiger partial charge in [0.1, 0.15) is 0 Å². The van der Waals surface area contributed by atoms with Crippen molar-refractivity contribution in [2.24, 2.45) is 5.92 Å². The molecule has 17 heavy (non-hydrogen) atoms. The summed E-state index contributed by atoms with van der Waals surface area (Å²) >= 11 is 9.65. The molecule has 1 aromatic carbocycles. The molecule has 1 N–H and O–H groups in total. The maximum Gasteiger partial charge on any atom is 0.0410 e. The fourth-order valence-corrected chi connectivity index (χ4v) is 2.67. The van der Waals surface area contributed by atoms with Gasteiger partial charge in [-0.15, -0.1) is 0 Å². The molecule has 0 aliphatic rings. The van der Waals surface area contributed by atoms with Crippen molar-refractivity contribution in [2.45, 2.75) is 39.2 Å². The SMILES string of the molecule is CNC(CCCC(C)C)c1cc(Cl)ccc1Br. The van der Waals surface area contributed by atoms with Crippen molar-refractivity contribution < 1.29 is 0 Å². The smallest absolute Gasteiger partial charge is 0.0410 e. The Labute approximate surface area is 118 Å². The van der Waals surface area contributed by atoms with Gasteiger partial charge in [0, 0.05) is 15.5 Å². The molecule has 0 aliphatic heterocycles. The molecule has 1 atom stereocenters. The van der Waals surface area contributed by atoms with Gasteiger partial charge in [-0.25, -0.2) is 0 Å². The zero-order chi connectivity index (χ0) is 12.8. The van der Waals surface area contributed by atoms with E-state index in [2.05, 4.69) is 35.1 Å². The first-order valence-corrected chi connectivity index (χ1v) is 7.34. The van der Waals surface area contributed by atoms with E-state index in [9.17, 15) is 0 Å². The fraction of sp³-hybridized carbons (Fsp3) is 0.571. The van der Waals surface area contributed by atoms with Gasteiger partial charge >= 0.3 is 0 Å². The van der Waals surface area contributed by atoms with Gasteiger partial charge in [-0.1, -0.05) is 54.2 Å². The van der Waals surface area contributed by atoms with Gasteiger partial charge in [-0.2, -0.15) is 0 Å². The maximum absolute atomic E-state index is 6.05. The van der Waals surface area contributed by atoms with Crippen LogP contribution in [0.15, 0.2) is 22.7 Å². The van der Waals surface area contributed by atoms with Crippen LogP contribution < -0.4 is 5.32 Å². The topological polar surface area (TPSA) is 12.0 Å². The Hall–Kier alpha value is -0.0500. The van der Waals surface area contributed by atoms with Gasteiger partial charge < -0.3 is 5.32 Å². The molecule has 1 unspecified atom stereocenters. The molecule has 0 saturated carbocycles. The van der Waals surface area contributed by atoms with Crippen molar-refractivity contribution >= 4 is 27.5 Å². The largest absolute Gasteiger partial charge is 0.313 e. The Morgan fingerprint density at radius 3 is 2.59 bits per heavy atom. The molecule has 0 heterocycles. The average Bonchev–Trinajstić information content (AvgIpc) is 2.28. The highest BCUT2D eigenvalue weighted by molar-refractivity contribution is 9.10. The van der Waals surface area contributed by atoms with E-state index >= 15 is 0 Å². The van der Waals surface area contributed by atoms with Crippen LogP contribution in [0.5, 0.6) is 0 Å². The summed E-state index contributed by atoms with van der Waals surface area (Å²) in [6.07, 6.45) is 3.66. The van der Waals surface area contributed by atoms with Crippen molar-refractivity contribution in [3.05, 3.63) is 33.3 Å². The van der Waals surface area contributed by atoms with E-state index in [0.29, 0.717) is 6.04 Å². The minimum absolute atomic E-state index is 0.377. The molecule has 96 valence electrons. The van der Waals surface area contributed by atoms with Crippen molar-refractivity contribution in [1.29, 1.82) is 0 Å². The summed E-state index contributed by atoms with van der Waals surface area (Å²) in [5.41, 5.74) is 1.25. The summed E-state index contributed by atoms with van der Waals surface area (Å²) in [5, 5.41) is 4.17. The first-order valence-electron chi connectivity index (χ1n) is 6.16. The first kappa shape index (κ1) is 15.0. The van der Waals surface area contributed by atoms with Gasteiger partial charge in [0.25, 0.3) is 0 Å². The number of nitrogens with one attached hydrogen (secondary N) is 1. The summed E-state index contributed by atoms with van der Waals surface area (Å²) in [5.74, 6) is 0.773. The van der Waals surface area contributed by atoms with E-state index in [1.165, 1.54) is 18.4 Å². The third-order valence-electron chi connectivity index (χ3n) is 2.96. The molecule has 0 aromatic heterocycles.